The van der Waals surface area contributed by atoms with Gasteiger partial charge < -0.3 is 0 Å². The van der Waals surface area contributed by atoms with Gasteiger partial charge in [-0.15, -0.1) is 4.83 Å². The van der Waals surface area contributed by atoms with Crippen molar-refractivity contribution in [3.63, 3.8) is 0 Å². The molecule has 0 radical (unpaired) electrons. The number of thiocarbonyl (C=S) groups is 1. The zero-order valence-electron chi connectivity index (χ0n) is 16.0. The van der Waals surface area contributed by atoms with E-state index >= 15 is 0 Å². The van der Waals surface area contributed by atoms with Crippen LogP contribution >= 0.6 is 24.0 Å². The molecule has 0 saturated carbocycles. The third-order valence-electron chi connectivity index (χ3n) is 4.19. The summed E-state index contributed by atoms with van der Waals surface area (Å²) in [5.74, 6) is -0.853. The molecule has 1 aliphatic heterocycles. The SMILES string of the molecule is Cc1ccc(S(=O)(=O)NNC(=O)CCN2C(=O)C(=Cc3ccccc3)SC2=S)cc1. The highest BCUT2D eigenvalue weighted by Gasteiger charge is 2.32. The molecule has 1 heterocycles. The van der Waals surface area contributed by atoms with Crippen LogP contribution in [0.1, 0.15) is 17.5 Å². The number of nitrogens with one attached hydrogen (secondary N) is 2. The number of hydrogen-bond acceptors (Lipinski definition) is 6. The van der Waals surface area contributed by atoms with Crippen LogP contribution in [0.2, 0.25) is 0 Å². The lowest BCUT2D eigenvalue weighted by Gasteiger charge is -2.14. The summed E-state index contributed by atoms with van der Waals surface area (Å²) < 4.78 is 24.8. The normalized spacial score (nSPS) is 15.6. The van der Waals surface area contributed by atoms with Crippen LogP contribution in [-0.4, -0.2) is 36.0 Å². The Bertz CT molecular complexity index is 1100. The van der Waals surface area contributed by atoms with Crippen LogP contribution in [0.5, 0.6) is 0 Å². The largest absolute Gasteiger partial charge is 0.292 e. The minimum Gasteiger partial charge on any atom is -0.292 e. The molecule has 2 aromatic rings. The number of amides is 2. The van der Waals surface area contributed by atoms with E-state index in [1.165, 1.54) is 28.8 Å². The number of rotatable bonds is 7. The summed E-state index contributed by atoms with van der Waals surface area (Å²) in [5.41, 5.74) is 3.96. The third-order valence-corrected chi connectivity index (χ3v) is 6.83. The van der Waals surface area contributed by atoms with Crippen molar-refractivity contribution in [1.82, 2.24) is 15.2 Å². The van der Waals surface area contributed by atoms with E-state index in [9.17, 15) is 18.0 Å². The Hall–Kier alpha value is -2.53. The van der Waals surface area contributed by atoms with Gasteiger partial charge in [0, 0.05) is 13.0 Å². The van der Waals surface area contributed by atoms with E-state index in [-0.39, 0.29) is 23.8 Å². The third kappa shape index (κ3) is 5.54. The lowest BCUT2D eigenvalue weighted by molar-refractivity contribution is -0.124. The molecule has 10 heteroatoms. The van der Waals surface area contributed by atoms with Gasteiger partial charge in [-0.3, -0.25) is 19.9 Å². The van der Waals surface area contributed by atoms with Gasteiger partial charge in [-0.25, -0.2) is 8.42 Å². The smallest absolute Gasteiger partial charge is 0.266 e. The standard InChI is InChI=1S/C20H19N3O4S3/c1-14-7-9-16(10-8-14)30(26,27)22-21-18(24)11-12-23-19(25)17(29-20(23)28)13-15-5-3-2-4-6-15/h2-10,13,22H,11-12H2,1H3,(H,21,24). The number of carbonyl (C=O) groups excluding carboxylic acids is 2. The first-order valence-electron chi connectivity index (χ1n) is 8.94. The highest BCUT2D eigenvalue weighted by atomic mass is 32.2. The number of thioether (sulfide) groups is 1. The van der Waals surface area contributed by atoms with Gasteiger partial charge in [0.1, 0.15) is 4.32 Å². The Kier molecular flexibility index (Phi) is 7.03. The predicted molar refractivity (Wildman–Crippen MR) is 121 cm³/mol. The van der Waals surface area contributed by atoms with Crippen LogP contribution in [-0.2, 0) is 19.6 Å². The Morgan fingerprint density at radius 3 is 2.47 bits per heavy atom. The predicted octanol–water partition coefficient (Wildman–Crippen LogP) is 2.60. The summed E-state index contributed by atoms with van der Waals surface area (Å²) in [7, 11) is -3.88. The summed E-state index contributed by atoms with van der Waals surface area (Å²) in [6.45, 7) is 1.89. The summed E-state index contributed by atoms with van der Waals surface area (Å²) in [4.78, 5) is 28.6. The maximum absolute atomic E-state index is 12.6. The Morgan fingerprint density at radius 1 is 1.13 bits per heavy atom. The molecule has 2 amide bonds. The van der Waals surface area contributed by atoms with Gasteiger partial charge in [0.15, 0.2) is 0 Å². The van der Waals surface area contributed by atoms with Gasteiger partial charge in [-0.1, -0.05) is 72.0 Å². The van der Waals surface area contributed by atoms with Crippen molar-refractivity contribution >= 4 is 56.2 Å². The van der Waals surface area contributed by atoms with Crippen molar-refractivity contribution in [2.24, 2.45) is 0 Å². The maximum atomic E-state index is 12.6. The summed E-state index contributed by atoms with van der Waals surface area (Å²) >= 11 is 6.42. The first kappa shape index (κ1) is 22.2. The highest BCUT2D eigenvalue weighted by molar-refractivity contribution is 8.26. The second kappa shape index (κ2) is 9.52. The first-order valence-corrected chi connectivity index (χ1v) is 11.6. The molecule has 0 unspecified atom stereocenters. The van der Waals surface area contributed by atoms with E-state index < -0.39 is 15.9 Å². The van der Waals surface area contributed by atoms with Crippen LogP contribution in [0.25, 0.3) is 6.08 Å². The van der Waals surface area contributed by atoms with Crippen molar-refractivity contribution in [1.29, 1.82) is 0 Å². The molecular weight excluding hydrogens is 442 g/mol. The van der Waals surface area contributed by atoms with Crippen molar-refractivity contribution in [3.05, 3.63) is 70.6 Å². The van der Waals surface area contributed by atoms with Crippen molar-refractivity contribution < 1.29 is 18.0 Å². The molecule has 30 heavy (non-hydrogen) atoms. The van der Waals surface area contributed by atoms with E-state index in [1.807, 2.05) is 37.3 Å². The molecule has 7 nitrogen and oxygen atoms in total. The lowest BCUT2D eigenvalue weighted by atomic mass is 10.2. The quantitative estimate of drug-likeness (QED) is 0.374. The Labute approximate surface area is 184 Å². The van der Waals surface area contributed by atoms with E-state index in [0.717, 1.165) is 11.1 Å². The number of nitrogens with zero attached hydrogens (tertiary/aromatic N) is 1. The van der Waals surface area contributed by atoms with Crippen LogP contribution in [0, 0.1) is 6.92 Å². The zero-order chi connectivity index (χ0) is 21.7. The van der Waals surface area contributed by atoms with Gasteiger partial charge >= 0.3 is 0 Å². The van der Waals surface area contributed by atoms with Crippen molar-refractivity contribution in [2.45, 2.75) is 18.2 Å². The van der Waals surface area contributed by atoms with Gasteiger partial charge in [0.25, 0.3) is 15.9 Å². The molecule has 0 aliphatic carbocycles. The molecule has 1 aliphatic rings. The highest BCUT2D eigenvalue weighted by Crippen LogP contribution is 2.32. The molecule has 156 valence electrons. The lowest BCUT2D eigenvalue weighted by Crippen LogP contribution is -2.43. The number of sulfonamides is 1. The van der Waals surface area contributed by atoms with Crippen LogP contribution in [0.3, 0.4) is 0 Å². The van der Waals surface area contributed by atoms with E-state index in [4.69, 9.17) is 12.2 Å². The van der Waals surface area contributed by atoms with Gasteiger partial charge in [0.05, 0.1) is 9.80 Å². The van der Waals surface area contributed by atoms with Gasteiger partial charge in [-0.05, 0) is 30.7 Å². The molecule has 2 N–H and O–H groups in total. The minimum atomic E-state index is -3.88. The average Bonchev–Trinajstić information content (AvgIpc) is 2.98. The molecule has 3 rings (SSSR count). The first-order chi connectivity index (χ1) is 14.3. The summed E-state index contributed by atoms with van der Waals surface area (Å²) in [5, 5.41) is 0. The van der Waals surface area contributed by atoms with Crippen LogP contribution < -0.4 is 10.3 Å². The van der Waals surface area contributed by atoms with Gasteiger partial charge in [0.2, 0.25) is 5.91 Å². The number of hydrogen-bond donors (Lipinski definition) is 2. The molecule has 0 spiro atoms. The number of hydrazine groups is 1. The monoisotopic (exact) mass is 461 g/mol. The maximum Gasteiger partial charge on any atom is 0.266 e. The number of aryl methyl sites for hydroxylation is 1. The summed E-state index contributed by atoms with van der Waals surface area (Å²) in [6.07, 6.45) is 1.64. The molecule has 1 saturated heterocycles. The minimum absolute atomic E-state index is 0.0383. The number of benzene rings is 2. The Balaban J connectivity index is 1.54. The second-order valence-electron chi connectivity index (χ2n) is 6.46. The second-order valence-corrected chi connectivity index (χ2v) is 9.82. The van der Waals surface area contributed by atoms with Crippen molar-refractivity contribution in [3.8, 4) is 0 Å². The van der Waals surface area contributed by atoms with E-state index in [2.05, 4.69) is 10.3 Å². The fourth-order valence-corrected chi connectivity index (χ4v) is 4.74. The zero-order valence-corrected chi connectivity index (χ0v) is 18.4. The average molecular weight is 462 g/mol. The molecule has 0 bridgehead atoms. The van der Waals surface area contributed by atoms with Crippen LogP contribution in [0.4, 0.5) is 0 Å². The van der Waals surface area contributed by atoms with E-state index in [0.29, 0.717) is 9.23 Å². The van der Waals surface area contributed by atoms with Crippen molar-refractivity contribution in [2.75, 3.05) is 6.54 Å². The molecule has 2 aromatic carbocycles. The Morgan fingerprint density at radius 2 is 1.80 bits per heavy atom. The fraction of sp³-hybridized carbons (Fsp3) is 0.150. The van der Waals surface area contributed by atoms with Gasteiger partial charge in [-0.2, -0.15) is 0 Å². The molecule has 0 aromatic heterocycles. The summed E-state index contributed by atoms with van der Waals surface area (Å²) in [6, 6.07) is 15.6. The topological polar surface area (TPSA) is 95.6 Å². The number of carbonyl (C=O) groups is 2. The van der Waals surface area contributed by atoms with Crippen LogP contribution in [0.15, 0.2) is 64.4 Å². The van der Waals surface area contributed by atoms with E-state index in [1.54, 1.807) is 18.2 Å². The fourth-order valence-electron chi connectivity index (χ4n) is 2.57. The molecule has 0 atom stereocenters. The molecule has 1 fully saturated rings. The molecular formula is C20H19N3O4S3.